The molecule has 0 saturated heterocycles. The fraction of sp³-hybridized carbons (Fsp3) is 0.385. The summed E-state index contributed by atoms with van der Waals surface area (Å²) < 4.78 is 1.11. The second kappa shape index (κ2) is 5.35. The Morgan fingerprint density at radius 3 is 2.89 bits per heavy atom. The molecule has 1 aromatic heterocycles. The van der Waals surface area contributed by atoms with Crippen LogP contribution >= 0.6 is 11.3 Å². The lowest BCUT2D eigenvalue weighted by Gasteiger charge is -2.07. The molecule has 0 bridgehead atoms. The van der Waals surface area contributed by atoms with Gasteiger partial charge in [-0.2, -0.15) is 0 Å². The highest BCUT2D eigenvalue weighted by Gasteiger charge is 2.10. The molecule has 2 aromatic rings. The Bertz CT molecular complexity index is 562. The number of carbonyl (C=O) groups is 1. The van der Waals surface area contributed by atoms with Gasteiger partial charge in [0.05, 0.1) is 10.2 Å². The minimum atomic E-state index is -0.206. The molecule has 0 radical (unpaired) electrons. The molecule has 0 atom stereocenters. The maximum atomic E-state index is 11.6. The van der Waals surface area contributed by atoms with Crippen LogP contribution in [0.15, 0.2) is 18.2 Å². The Morgan fingerprint density at radius 1 is 1.44 bits per heavy atom. The number of nitrogens with zero attached hydrogens (tertiary/aromatic N) is 1. The molecule has 0 spiro atoms. The first-order valence-electron chi connectivity index (χ1n) is 6.06. The number of carbonyl (C=O) groups excluding carboxylic acids is 1. The molecule has 5 heteroatoms. The van der Waals surface area contributed by atoms with Gasteiger partial charge in [0.1, 0.15) is 0 Å². The quantitative estimate of drug-likeness (QED) is 0.891. The van der Waals surface area contributed by atoms with E-state index in [1.54, 1.807) is 0 Å². The third kappa shape index (κ3) is 2.79. The summed E-state index contributed by atoms with van der Waals surface area (Å²) in [5.41, 5.74) is 2.20. The number of hydrogen-bond acceptors (Lipinski definition) is 3. The number of aromatic nitrogens is 1. The summed E-state index contributed by atoms with van der Waals surface area (Å²) >= 11 is 1.50. The number of thiazole rings is 1. The van der Waals surface area contributed by atoms with E-state index >= 15 is 0 Å². The number of fused-ring (bicyclic) bond motifs is 1. The summed E-state index contributed by atoms with van der Waals surface area (Å²) in [5.74, 6) is 0. The van der Waals surface area contributed by atoms with Crippen molar-refractivity contribution in [2.24, 2.45) is 0 Å². The number of nitrogens with one attached hydrogen (secondary N) is 2. The van der Waals surface area contributed by atoms with Gasteiger partial charge in [-0.25, -0.2) is 9.78 Å². The Kier molecular flexibility index (Phi) is 3.81. The van der Waals surface area contributed by atoms with Crippen molar-refractivity contribution in [3.05, 3.63) is 23.8 Å². The van der Waals surface area contributed by atoms with Crippen molar-refractivity contribution < 1.29 is 4.79 Å². The van der Waals surface area contributed by atoms with Crippen LogP contribution in [0.4, 0.5) is 9.93 Å². The summed E-state index contributed by atoms with van der Waals surface area (Å²) in [6, 6.07) is 6.03. The molecule has 1 aromatic carbocycles. The molecule has 0 aliphatic carbocycles. The second-order valence-corrected chi connectivity index (χ2v) is 5.42. The van der Waals surface area contributed by atoms with Gasteiger partial charge in [-0.3, -0.25) is 5.32 Å². The lowest BCUT2D eigenvalue weighted by molar-refractivity contribution is 0.250. The number of para-hydroxylation sites is 1. The number of aryl methyl sites for hydroxylation is 1. The molecule has 0 unspecified atom stereocenters. The molecule has 1 heterocycles. The molecule has 2 rings (SSSR count). The highest BCUT2D eigenvalue weighted by molar-refractivity contribution is 7.22. The molecule has 0 saturated carbocycles. The average Bonchev–Trinajstić information content (AvgIpc) is 2.69. The van der Waals surface area contributed by atoms with Crippen molar-refractivity contribution in [2.45, 2.75) is 33.2 Å². The molecule has 18 heavy (non-hydrogen) atoms. The van der Waals surface area contributed by atoms with E-state index in [0.717, 1.165) is 16.6 Å². The molecular formula is C13H17N3OS. The first kappa shape index (κ1) is 12.8. The highest BCUT2D eigenvalue weighted by atomic mass is 32.1. The van der Waals surface area contributed by atoms with Crippen LogP contribution in [0.1, 0.15) is 26.3 Å². The van der Waals surface area contributed by atoms with Crippen LogP contribution < -0.4 is 10.6 Å². The number of amides is 2. The van der Waals surface area contributed by atoms with E-state index in [-0.39, 0.29) is 12.1 Å². The number of benzene rings is 1. The summed E-state index contributed by atoms with van der Waals surface area (Å²) in [7, 11) is 0. The van der Waals surface area contributed by atoms with Crippen LogP contribution in [-0.2, 0) is 6.42 Å². The van der Waals surface area contributed by atoms with Crippen molar-refractivity contribution in [1.82, 2.24) is 10.3 Å². The van der Waals surface area contributed by atoms with E-state index in [9.17, 15) is 4.79 Å². The first-order valence-corrected chi connectivity index (χ1v) is 6.87. The van der Waals surface area contributed by atoms with E-state index in [0.29, 0.717) is 5.13 Å². The zero-order valence-corrected chi connectivity index (χ0v) is 11.6. The molecule has 4 nitrogen and oxygen atoms in total. The van der Waals surface area contributed by atoms with Crippen LogP contribution in [-0.4, -0.2) is 17.1 Å². The van der Waals surface area contributed by atoms with Crippen LogP contribution in [0.5, 0.6) is 0 Å². The first-order chi connectivity index (χ1) is 8.60. The predicted octanol–water partition coefficient (Wildman–Crippen LogP) is 3.39. The van der Waals surface area contributed by atoms with Gasteiger partial charge in [-0.15, -0.1) is 0 Å². The lowest BCUT2D eigenvalue weighted by atomic mass is 10.1. The minimum Gasteiger partial charge on any atom is -0.336 e. The number of urea groups is 1. The van der Waals surface area contributed by atoms with Crippen molar-refractivity contribution in [3.8, 4) is 0 Å². The maximum Gasteiger partial charge on any atom is 0.321 e. The normalized spacial score (nSPS) is 10.9. The average molecular weight is 263 g/mol. The molecule has 2 amide bonds. The number of rotatable bonds is 3. The Labute approximate surface area is 110 Å². The zero-order chi connectivity index (χ0) is 13.1. The summed E-state index contributed by atoms with van der Waals surface area (Å²) in [6.45, 7) is 5.95. The number of anilines is 1. The summed E-state index contributed by atoms with van der Waals surface area (Å²) in [4.78, 5) is 16.1. The van der Waals surface area contributed by atoms with Crippen LogP contribution in [0.25, 0.3) is 10.2 Å². The van der Waals surface area contributed by atoms with Crippen LogP contribution in [0.3, 0.4) is 0 Å². The Hall–Kier alpha value is -1.62. The van der Waals surface area contributed by atoms with E-state index in [4.69, 9.17) is 0 Å². The molecular weight excluding hydrogens is 246 g/mol. The van der Waals surface area contributed by atoms with E-state index in [2.05, 4.69) is 28.6 Å². The lowest BCUT2D eigenvalue weighted by Crippen LogP contribution is -2.34. The fourth-order valence-corrected chi connectivity index (χ4v) is 2.65. The maximum absolute atomic E-state index is 11.6. The van der Waals surface area contributed by atoms with Gasteiger partial charge >= 0.3 is 6.03 Å². The van der Waals surface area contributed by atoms with Crippen molar-refractivity contribution >= 4 is 32.7 Å². The van der Waals surface area contributed by atoms with E-state index < -0.39 is 0 Å². The minimum absolute atomic E-state index is 0.116. The predicted molar refractivity (Wildman–Crippen MR) is 76.3 cm³/mol. The van der Waals surface area contributed by atoms with Crippen molar-refractivity contribution in [2.75, 3.05) is 5.32 Å². The summed E-state index contributed by atoms with van der Waals surface area (Å²) in [5, 5.41) is 6.19. The van der Waals surface area contributed by atoms with Gasteiger partial charge in [-0.05, 0) is 31.9 Å². The Balaban J connectivity index is 2.22. The molecule has 0 aliphatic rings. The monoisotopic (exact) mass is 263 g/mol. The van der Waals surface area contributed by atoms with Crippen LogP contribution in [0, 0.1) is 0 Å². The van der Waals surface area contributed by atoms with E-state index in [1.807, 2.05) is 26.0 Å². The topological polar surface area (TPSA) is 54.0 Å². The zero-order valence-electron chi connectivity index (χ0n) is 10.8. The molecule has 96 valence electrons. The fourth-order valence-electron chi connectivity index (χ4n) is 1.74. The van der Waals surface area contributed by atoms with Gasteiger partial charge in [0.2, 0.25) is 0 Å². The Morgan fingerprint density at radius 2 is 2.22 bits per heavy atom. The smallest absolute Gasteiger partial charge is 0.321 e. The van der Waals surface area contributed by atoms with Gasteiger partial charge in [0.25, 0.3) is 0 Å². The highest BCUT2D eigenvalue weighted by Crippen LogP contribution is 2.28. The van der Waals surface area contributed by atoms with Gasteiger partial charge in [-0.1, -0.05) is 30.4 Å². The van der Waals surface area contributed by atoms with Gasteiger partial charge in [0.15, 0.2) is 5.13 Å². The standard InChI is InChI=1S/C13H17N3OS/c1-4-9-6-5-7-10-11(9)15-13(18-10)16-12(17)14-8(2)3/h5-8H,4H2,1-3H3,(H2,14,15,16,17). The molecule has 0 fully saturated rings. The summed E-state index contributed by atoms with van der Waals surface area (Å²) in [6.07, 6.45) is 0.943. The van der Waals surface area contributed by atoms with E-state index in [1.165, 1.54) is 16.9 Å². The number of hydrogen-bond donors (Lipinski definition) is 2. The molecule has 0 aliphatic heterocycles. The third-order valence-corrected chi connectivity index (χ3v) is 3.46. The largest absolute Gasteiger partial charge is 0.336 e. The van der Waals surface area contributed by atoms with Gasteiger partial charge < -0.3 is 5.32 Å². The second-order valence-electron chi connectivity index (χ2n) is 4.39. The molecule has 2 N–H and O–H groups in total. The third-order valence-electron chi connectivity index (χ3n) is 2.52. The van der Waals surface area contributed by atoms with Crippen molar-refractivity contribution in [3.63, 3.8) is 0 Å². The van der Waals surface area contributed by atoms with Crippen LogP contribution in [0.2, 0.25) is 0 Å². The van der Waals surface area contributed by atoms with Crippen molar-refractivity contribution in [1.29, 1.82) is 0 Å². The SMILES string of the molecule is CCc1cccc2sc(NC(=O)NC(C)C)nc12. The van der Waals surface area contributed by atoms with Gasteiger partial charge in [0, 0.05) is 6.04 Å².